The molecule has 1 fully saturated rings. The lowest BCUT2D eigenvalue weighted by Gasteiger charge is -2.36. The molecule has 0 saturated carbocycles. The Kier molecular flexibility index (Phi) is 4.70. The number of halogens is 1. The van der Waals surface area contributed by atoms with Gasteiger partial charge < -0.3 is 10.0 Å². The van der Waals surface area contributed by atoms with Crippen LogP contribution in [0.15, 0.2) is 18.2 Å². The number of carbonyl (C=O) groups excluding carboxylic acids is 1. The van der Waals surface area contributed by atoms with Crippen molar-refractivity contribution in [2.24, 2.45) is 0 Å². The summed E-state index contributed by atoms with van der Waals surface area (Å²) >= 11 is 5.80. The minimum Gasteiger partial charge on any atom is -0.507 e. The fourth-order valence-corrected chi connectivity index (χ4v) is 2.91. The van der Waals surface area contributed by atoms with Gasteiger partial charge in [0.15, 0.2) is 0 Å². The highest BCUT2D eigenvalue weighted by atomic mass is 35.5. The third-order valence-corrected chi connectivity index (χ3v) is 3.94. The highest BCUT2D eigenvalue weighted by Crippen LogP contribution is 2.27. The van der Waals surface area contributed by atoms with Crippen LogP contribution in [0.5, 0.6) is 5.75 Å². The van der Waals surface area contributed by atoms with Gasteiger partial charge in [0.05, 0.1) is 5.56 Å². The molecule has 3 nitrogen and oxygen atoms in total. The Morgan fingerprint density at radius 3 is 2.95 bits per heavy atom. The summed E-state index contributed by atoms with van der Waals surface area (Å²) < 4.78 is 0. The van der Waals surface area contributed by atoms with E-state index in [-0.39, 0.29) is 11.7 Å². The number of phenolic OH excluding ortho intramolecular Hbond substituents is 1. The van der Waals surface area contributed by atoms with E-state index in [0.717, 1.165) is 32.2 Å². The van der Waals surface area contributed by atoms with Gasteiger partial charge in [0, 0.05) is 17.6 Å². The first kappa shape index (κ1) is 14.2. The van der Waals surface area contributed by atoms with E-state index in [4.69, 9.17) is 11.6 Å². The van der Waals surface area contributed by atoms with Gasteiger partial charge in [-0.1, -0.05) is 24.9 Å². The normalized spacial score (nSPS) is 19.5. The monoisotopic (exact) mass is 281 g/mol. The zero-order valence-corrected chi connectivity index (χ0v) is 12.0. The van der Waals surface area contributed by atoms with Crippen LogP contribution in [0.25, 0.3) is 0 Å². The van der Waals surface area contributed by atoms with Crippen molar-refractivity contribution >= 4 is 17.5 Å². The van der Waals surface area contributed by atoms with Gasteiger partial charge in [-0.15, -0.1) is 0 Å². The smallest absolute Gasteiger partial charge is 0.257 e. The number of phenols is 1. The summed E-state index contributed by atoms with van der Waals surface area (Å²) in [6, 6.07) is 4.99. The van der Waals surface area contributed by atoms with E-state index in [9.17, 15) is 9.90 Å². The molecule has 0 spiro atoms. The molecule has 4 heteroatoms. The maximum Gasteiger partial charge on any atom is 0.257 e. The Morgan fingerprint density at radius 2 is 2.26 bits per heavy atom. The summed E-state index contributed by atoms with van der Waals surface area (Å²) in [6.45, 7) is 2.92. The fraction of sp³-hybridized carbons (Fsp3) is 0.533. The van der Waals surface area contributed by atoms with E-state index in [2.05, 4.69) is 6.92 Å². The van der Waals surface area contributed by atoms with Gasteiger partial charge >= 0.3 is 0 Å². The molecule has 1 saturated heterocycles. The quantitative estimate of drug-likeness (QED) is 0.914. The lowest BCUT2D eigenvalue weighted by molar-refractivity contribution is 0.0597. The molecule has 2 rings (SSSR count). The van der Waals surface area contributed by atoms with Crippen LogP contribution in [-0.2, 0) is 0 Å². The summed E-state index contributed by atoms with van der Waals surface area (Å²) in [7, 11) is 0. The molecule has 1 heterocycles. The number of likely N-dealkylation sites (tertiary alicyclic amines) is 1. The second-order valence-electron chi connectivity index (χ2n) is 5.10. The number of piperidine rings is 1. The van der Waals surface area contributed by atoms with Crippen LogP contribution in [0.1, 0.15) is 49.4 Å². The fourth-order valence-electron chi connectivity index (χ4n) is 2.74. The summed E-state index contributed by atoms with van der Waals surface area (Å²) in [5.41, 5.74) is 0.354. The number of benzene rings is 1. The Morgan fingerprint density at radius 1 is 1.47 bits per heavy atom. The summed E-state index contributed by atoms with van der Waals surface area (Å²) in [4.78, 5) is 14.5. The molecule has 1 N–H and O–H groups in total. The summed E-state index contributed by atoms with van der Waals surface area (Å²) in [5.74, 6) is -0.106. The first-order valence-corrected chi connectivity index (χ1v) is 7.30. The van der Waals surface area contributed by atoms with E-state index < -0.39 is 0 Å². The molecule has 1 aliphatic heterocycles. The Labute approximate surface area is 119 Å². The molecule has 0 aliphatic carbocycles. The van der Waals surface area contributed by atoms with Crippen molar-refractivity contribution in [1.29, 1.82) is 0 Å². The van der Waals surface area contributed by atoms with E-state index >= 15 is 0 Å². The number of carbonyl (C=O) groups is 1. The van der Waals surface area contributed by atoms with Crippen molar-refractivity contribution in [2.45, 2.75) is 45.1 Å². The van der Waals surface area contributed by atoms with Crippen LogP contribution in [0.4, 0.5) is 0 Å². The van der Waals surface area contributed by atoms with Gasteiger partial charge in [-0.25, -0.2) is 0 Å². The summed E-state index contributed by atoms with van der Waals surface area (Å²) in [5, 5.41) is 10.3. The molecule has 1 aromatic rings. The van der Waals surface area contributed by atoms with Crippen LogP contribution in [0.3, 0.4) is 0 Å². The maximum atomic E-state index is 12.5. The van der Waals surface area contributed by atoms with Crippen molar-refractivity contribution in [3.05, 3.63) is 28.8 Å². The van der Waals surface area contributed by atoms with E-state index in [0.29, 0.717) is 16.6 Å². The van der Waals surface area contributed by atoms with Crippen molar-refractivity contribution in [1.82, 2.24) is 4.90 Å². The number of nitrogens with zero attached hydrogens (tertiary/aromatic N) is 1. The third kappa shape index (κ3) is 3.21. The van der Waals surface area contributed by atoms with Gasteiger partial charge in [0.2, 0.25) is 0 Å². The number of hydrogen-bond donors (Lipinski definition) is 1. The zero-order valence-electron chi connectivity index (χ0n) is 11.2. The van der Waals surface area contributed by atoms with Crippen LogP contribution < -0.4 is 0 Å². The molecule has 0 radical (unpaired) electrons. The number of amides is 1. The molecule has 1 amide bonds. The van der Waals surface area contributed by atoms with Gasteiger partial charge in [-0.05, 0) is 43.9 Å². The topological polar surface area (TPSA) is 40.5 Å². The lowest BCUT2D eigenvalue weighted by Crippen LogP contribution is -2.43. The first-order chi connectivity index (χ1) is 9.13. The predicted molar refractivity (Wildman–Crippen MR) is 76.7 cm³/mol. The Hall–Kier alpha value is -1.22. The molecule has 19 heavy (non-hydrogen) atoms. The highest BCUT2D eigenvalue weighted by molar-refractivity contribution is 6.30. The van der Waals surface area contributed by atoms with E-state index in [1.54, 1.807) is 12.1 Å². The molecule has 1 aromatic carbocycles. The first-order valence-electron chi connectivity index (χ1n) is 6.93. The van der Waals surface area contributed by atoms with Gasteiger partial charge in [-0.3, -0.25) is 4.79 Å². The average molecular weight is 282 g/mol. The van der Waals surface area contributed by atoms with Crippen molar-refractivity contribution in [3.63, 3.8) is 0 Å². The third-order valence-electron chi connectivity index (χ3n) is 3.70. The molecule has 0 aromatic heterocycles. The van der Waals surface area contributed by atoms with Crippen LogP contribution in [0, 0.1) is 0 Å². The molecule has 104 valence electrons. The molecule has 0 bridgehead atoms. The van der Waals surface area contributed by atoms with Crippen molar-refractivity contribution in [2.75, 3.05) is 6.54 Å². The van der Waals surface area contributed by atoms with E-state index in [1.165, 1.54) is 12.5 Å². The summed E-state index contributed by atoms with van der Waals surface area (Å²) in [6.07, 6.45) is 5.39. The standard InChI is InChI=1S/C15H20ClNO2/c1-2-5-12-6-3-4-9-17(12)15(19)13-8-7-11(16)10-14(13)18/h7-8,10,12,18H,2-6,9H2,1H3. The van der Waals surface area contributed by atoms with Crippen molar-refractivity contribution < 1.29 is 9.90 Å². The second kappa shape index (κ2) is 6.29. The maximum absolute atomic E-state index is 12.5. The SMILES string of the molecule is CCCC1CCCCN1C(=O)c1ccc(Cl)cc1O. The molecular weight excluding hydrogens is 262 g/mol. The molecule has 1 atom stereocenters. The largest absolute Gasteiger partial charge is 0.507 e. The Bertz CT molecular complexity index is 459. The minimum atomic E-state index is -0.0766. The number of aromatic hydroxyl groups is 1. The number of rotatable bonds is 3. The van der Waals surface area contributed by atoms with Crippen molar-refractivity contribution in [3.8, 4) is 5.75 Å². The van der Waals surface area contributed by atoms with Gasteiger partial charge in [0.25, 0.3) is 5.91 Å². The predicted octanol–water partition coefficient (Wildman–Crippen LogP) is 3.84. The number of hydrogen-bond acceptors (Lipinski definition) is 2. The van der Waals surface area contributed by atoms with Crippen LogP contribution >= 0.6 is 11.6 Å². The Balaban J connectivity index is 2.21. The van der Waals surface area contributed by atoms with Gasteiger partial charge in [-0.2, -0.15) is 0 Å². The molecule has 1 aliphatic rings. The lowest BCUT2D eigenvalue weighted by atomic mass is 9.97. The van der Waals surface area contributed by atoms with Gasteiger partial charge in [0.1, 0.15) is 5.75 Å². The minimum absolute atomic E-state index is 0.0293. The second-order valence-corrected chi connectivity index (χ2v) is 5.53. The van der Waals surface area contributed by atoms with E-state index in [1.807, 2.05) is 4.90 Å². The van der Waals surface area contributed by atoms with Crippen LogP contribution in [0.2, 0.25) is 5.02 Å². The molecular formula is C15H20ClNO2. The molecule has 1 unspecified atom stereocenters. The van der Waals surface area contributed by atoms with Crippen LogP contribution in [-0.4, -0.2) is 28.5 Å². The zero-order chi connectivity index (χ0) is 13.8. The highest BCUT2D eigenvalue weighted by Gasteiger charge is 2.28. The average Bonchev–Trinajstić information content (AvgIpc) is 2.39.